The number of aliphatic imine (C=N–C) groups is 1. The Bertz CT molecular complexity index is 461. The van der Waals surface area contributed by atoms with E-state index in [1.807, 2.05) is 13.8 Å². The Labute approximate surface area is 144 Å². The van der Waals surface area contributed by atoms with E-state index in [1.165, 1.54) is 6.20 Å². The summed E-state index contributed by atoms with van der Waals surface area (Å²) in [6.45, 7) is 4.04. The molecule has 1 rings (SSSR count). The molecule has 0 atom stereocenters. The molecule has 0 saturated carbocycles. The van der Waals surface area contributed by atoms with Gasteiger partial charge in [-0.1, -0.05) is 6.07 Å². The molecular formula is C13H20F3IN4O. The number of hydrogen-bond acceptors (Lipinski definition) is 3. The van der Waals surface area contributed by atoms with Crippen molar-refractivity contribution in [3.63, 3.8) is 0 Å². The summed E-state index contributed by atoms with van der Waals surface area (Å²) in [4.78, 5) is 8.09. The van der Waals surface area contributed by atoms with Crippen molar-refractivity contribution in [3.8, 4) is 5.88 Å². The van der Waals surface area contributed by atoms with Gasteiger partial charge < -0.3 is 15.4 Å². The van der Waals surface area contributed by atoms with Gasteiger partial charge in [0.1, 0.15) is 0 Å². The molecule has 126 valence electrons. The van der Waals surface area contributed by atoms with Crippen LogP contribution in [0.1, 0.15) is 19.4 Å². The van der Waals surface area contributed by atoms with Gasteiger partial charge in [-0.25, -0.2) is 9.98 Å². The van der Waals surface area contributed by atoms with Crippen molar-refractivity contribution >= 4 is 29.9 Å². The van der Waals surface area contributed by atoms with E-state index in [2.05, 4.69) is 20.6 Å². The molecule has 9 heteroatoms. The molecule has 22 heavy (non-hydrogen) atoms. The minimum atomic E-state index is -4.39. The van der Waals surface area contributed by atoms with Gasteiger partial charge >= 0.3 is 6.18 Å². The third-order valence-corrected chi connectivity index (χ3v) is 2.32. The molecule has 1 aromatic rings. The number of nitrogens with zero attached hydrogens (tertiary/aromatic N) is 2. The second-order valence-corrected chi connectivity index (χ2v) is 4.10. The van der Waals surface area contributed by atoms with E-state index < -0.39 is 12.8 Å². The average molecular weight is 432 g/mol. The molecule has 1 heterocycles. The van der Waals surface area contributed by atoms with E-state index in [-0.39, 0.29) is 36.4 Å². The number of ether oxygens (including phenoxy) is 1. The second kappa shape index (κ2) is 10.5. The molecule has 0 unspecified atom stereocenters. The Kier molecular flexibility index (Phi) is 9.86. The van der Waals surface area contributed by atoms with Crippen LogP contribution in [0.25, 0.3) is 0 Å². The first-order chi connectivity index (χ1) is 9.96. The minimum Gasteiger partial charge on any atom is -0.468 e. The predicted molar refractivity (Wildman–Crippen MR) is 89.7 cm³/mol. The van der Waals surface area contributed by atoms with Gasteiger partial charge in [0.05, 0.1) is 6.54 Å². The highest BCUT2D eigenvalue weighted by Crippen LogP contribution is 2.20. The molecule has 0 saturated heterocycles. The first kappa shape index (κ1) is 20.7. The zero-order valence-corrected chi connectivity index (χ0v) is 14.7. The van der Waals surface area contributed by atoms with Crippen LogP contribution >= 0.6 is 24.0 Å². The number of halogens is 4. The number of aromatic nitrogens is 1. The smallest absolute Gasteiger partial charge is 0.422 e. The molecule has 0 amide bonds. The standard InChI is InChI=1S/C13H19F3N4O.HI/c1-3-17-12(18-4-2)20-8-10-6-5-7-19-11(10)21-9-13(14,15)16;/h5-7H,3-4,8-9H2,1-2H3,(H2,17,18,20);1H. The summed E-state index contributed by atoms with van der Waals surface area (Å²) in [6, 6.07) is 3.27. The summed E-state index contributed by atoms with van der Waals surface area (Å²) in [6.07, 6.45) is -3.01. The van der Waals surface area contributed by atoms with E-state index >= 15 is 0 Å². The van der Waals surface area contributed by atoms with Crippen LogP contribution in [0.2, 0.25) is 0 Å². The van der Waals surface area contributed by atoms with Crippen LogP contribution in [-0.4, -0.2) is 36.8 Å². The van der Waals surface area contributed by atoms with Crippen molar-refractivity contribution in [2.45, 2.75) is 26.6 Å². The van der Waals surface area contributed by atoms with E-state index in [1.54, 1.807) is 12.1 Å². The summed E-state index contributed by atoms with van der Waals surface area (Å²) >= 11 is 0. The molecule has 1 aromatic heterocycles. The summed E-state index contributed by atoms with van der Waals surface area (Å²) in [5, 5.41) is 6.05. The quantitative estimate of drug-likeness (QED) is 0.413. The lowest BCUT2D eigenvalue weighted by Gasteiger charge is -2.12. The van der Waals surface area contributed by atoms with Crippen LogP contribution in [0.4, 0.5) is 13.2 Å². The zero-order chi connectivity index (χ0) is 15.7. The van der Waals surface area contributed by atoms with Crippen molar-refractivity contribution < 1.29 is 17.9 Å². The Morgan fingerprint density at radius 2 is 1.91 bits per heavy atom. The van der Waals surface area contributed by atoms with Gasteiger partial charge in [0, 0.05) is 24.8 Å². The SMILES string of the molecule is CCNC(=NCc1cccnc1OCC(F)(F)F)NCC.I. The molecule has 0 aromatic carbocycles. The molecular weight excluding hydrogens is 412 g/mol. The molecule has 0 aliphatic rings. The van der Waals surface area contributed by atoms with Crippen LogP contribution in [0.5, 0.6) is 5.88 Å². The maximum atomic E-state index is 12.2. The monoisotopic (exact) mass is 432 g/mol. The number of hydrogen-bond donors (Lipinski definition) is 2. The highest BCUT2D eigenvalue weighted by molar-refractivity contribution is 14.0. The number of guanidine groups is 1. The maximum Gasteiger partial charge on any atom is 0.422 e. The Morgan fingerprint density at radius 3 is 2.45 bits per heavy atom. The fourth-order valence-corrected chi connectivity index (χ4v) is 1.50. The zero-order valence-electron chi connectivity index (χ0n) is 12.4. The van der Waals surface area contributed by atoms with Crippen molar-refractivity contribution in [1.82, 2.24) is 15.6 Å². The Hall–Kier alpha value is -1.26. The minimum absolute atomic E-state index is 0. The summed E-state index contributed by atoms with van der Waals surface area (Å²) < 4.78 is 41.3. The van der Waals surface area contributed by atoms with Gasteiger partial charge in [-0.2, -0.15) is 13.2 Å². The van der Waals surface area contributed by atoms with Crippen LogP contribution in [0.15, 0.2) is 23.3 Å². The highest BCUT2D eigenvalue weighted by atomic mass is 127. The summed E-state index contributed by atoms with van der Waals surface area (Å²) in [5.41, 5.74) is 0.495. The topological polar surface area (TPSA) is 58.5 Å². The molecule has 0 bridgehead atoms. The van der Waals surface area contributed by atoms with E-state index in [9.17, 15) is 13.2 Å². The van der Waals surface area contributed by atoms with E-state index in [4.69, 9.17) is 4.74 Å². The summed E-state index contributed by atoms with van der Waals surface area (Å²) in [5.74, 6) is 0.538. The van der Waals surface area contributed by atoms with Gasteiger partial charge in [0.2, 0.25) is 5.88 Å². The van der Waals surface area contributed by atoms with E-state index in [0.717, 1.165) is 0 Å². The number of alkyl halides is 3. The van der Waals surface area contributed by atoms with E-state index in [0.29, 0.717) is 24.6 Å². The Balaban J connectivity index is 0.00000441. The van der Waals surface area contributed by atoms with Gasteiger partial charge in [0.15, 0.2) is 12.6 Å². The van der Waals surface area contributed by atoms with Crippen molar-refractivity contribution in [1.29, 1.82) is 0 Å². The van der Waals surface area contributed by atoms with Crippen molar-refractivity contribution in [3.05, 3.63) is 23.9 Å². The maximum absolute atomic E-state index is 12.2. The second-order valence-electron chi connectivity index (χ2n) is 4.10. The Morgan fingerprint density at radius 1 is 1.27 bits per heavy atom. The number of nitrogens with one attached hydrogen (secondary N) is 2. The van der Waals surface area contributed by atoms with Crippen molar-refractivity contribution in [2.24, 2.45) is 4.99 Å². The molecule has 0 aliphatic heterocycles. The third-order valence-electron chi connectivity index (χ3n) is 2.32. The van der Waals surface area contributed by atoms with Gasteiger partial charge in [0.25, 0.3) is 0 Å². The van der Waals surface area contributed by atoms with Crippen LogP contribution in [0.3, 0.4) is 0 Å². The summed E-state index contributed by atoms with van der Waals surface area (Å²) in [7, 11) is 0. The van der Waals surface area contributed by atoms with Crippen LogP contribution < -0.4 is 15.4 Å². The molecule has 0 fully saturated rings. The molecule has 5 nitrogen and oxygen atoms in total. The molecule has 2 N–H and O–H groups in total. The van der Waals surface area contributed by atoms with Gasteiger partial charge in [-0.05, 0) is 19.9 Å². The lowest BCUT2D eigenvalue weighted by Crippen LogP contribution is -2.37. The number of rotatable bonds is 6. The lowest BCUT2D eigenvalue weighted by molar-refractivity contribution is -0.154. The fourth-order valence-electron chi connectivity index (χ4n) is 1.50. The fraction of sp³-hybridized carbons (Fsp3) is 0.538. The van der Waals surface area contributed by atoms with Crippen LogP contribution in [-0.2, 0) is 6.54 Å². The first-order valence-corrected chi connectivity index (χ1v) is 6.62. The predicted octanol–water partition coefficient (Wildman–Crippen LogP) is 2.72. The molecule has 0 aliphatic carbocycles. The number of pyridine rings is 1. The lowest BCUT2D eigenvalue weighted by atomic mass is 10.3. The highest BCUT2D eigenvalue weighted by Gasteiger charge is 2.29. The first-order valence-electron chi connectivity index (χ1n) is 6.62. The van der Waals surface area contributed by atoms with Crippen molar-refractivity contribution in [2.75, 3.05) is 19.7 Å². The largest absolute Gasteiger partial charge is 0.468 e. The normalized spacial score (nSPS) is 10.4. The average Bonchev–Trinajstić information content (AvgIpc) is 2.43. The molecule has 0 spiro atoms. The van der Waals surface area contributed by atoms with Gasteiger partial charge in [-0.15, -0.1) is 24.0 Å². The molecule has 0 radical (unpaired) electrons. The third kappa shape index (κ3) is 8.25. The van der Waals surface area contributed by atoms with Crippen LogP contribution in [0, 0.1) is 0 Å². The van der Waals surface area contributed by atoms with Gasteiger partial charge in [-0.3, -0.25) is 0 Å².